The first-order valence-electron chi connectivity index (χ1n) is 7.76. The van der Waals surface area contributed by atoms with Crippen LogP contribution in [-0.4, -0.2) is 23.0 Å². The molecule has 4 nitrogen and oxygen atoms in total. The Balaban J connectivity index is 3.04. The highest BCUT2D eigenvalue weighted by Crippen LogP contribution is 2.50. The maximum absolute atomic E-state index is 11.6. The summed E-state index contributed by atoms with van der Waals surface area (Å²) >= 11 is 0. The minimum absolute atomic E-state index is 0.0194. The second-order valence-corrected chi connectivity index (χ2v) is 6.64. The van der Waals surface area contributed by atoms with Gasteiger partial charge in [0, 0.05) is 13.0 Å². The van der Waals surface area contributed by atoms with Gasteiger partial charge in [0.25, 0.3) is 0 Å². The first-order chi connectivity index (χ1) is 9.26. The first kappa shape index (κ1) is 17.0. The number of nitrogens with one attached hydrogen (secondary N) is 1. The summed E-state index contributed by atoms with van der Waals surface area (Å²) in [6, 6.07) is 0.0642. The van der Waals surface area contributed by atoms with Crippen molar-refractivity contribution in [3.8, 4) is 0 Å². The molecule has 4 atom stereocenters. The SMILES string of the molecule is CCC(CC)[C@@H](NC(C)=O)[C@]1(C)C[C@@H](C(=O)O)C[C@H]1C. The molecule has 1 amide bonds. The van der Waals surface area contributed by atoms with Gasteiger partial charge in [0.15, 0.2) is 0 Å². The van der Waals surface area contributed by atoms with Crippen LogP contribution in [0, 0.1) is 23.2 Å². The second kappa shape index (κ2) is 6.59. The van der Waals surface area contributed by atoms with Crippen molar-refractivity contribution < 1.29 is 14.7 Å². The standard InChI is InChI=1S/C16H29NO3/c1-6-12(7-2)14(17-11(4)18)16(5)9-13(15(19)20)8-10(16)3/h10,12-14H,6-9H2,1-5H3,(H,17,18)(H,19,20)/t10-,13+,14-,16-/m1/s1. The Morgan fingerprint density at radius 1 is 1.35 bits per heavy atom. The fourth-order valence-corrected chi connectivity index (χ4v) is 3.93. The Kier molecular flexibility index (Phi) is 5.60. The minimum Gasteiger partial charge on any atom is -0.481 e. The number of carbonyl (C=O) groups is 2. The lowest BCUT2D eigenvalue weighted by molar-refractivity contribution is -0.141. The van der Waals surface area contributed by atoms with Gasteiger partial charge in [-0.25, -0.2) is 0 Å². The van der Waals surface area contributed by atoms with Crippen LogP contribution in [0.3, 0.4) is 0 Å². The lowest BCUT2D eigenvalue weighted by atomic mass is 9.68. The van der Waals surface area contributed by atoms with E-state index in [1.807, 2.05) is 0 Å². The molecule has 1 fully saturated rings. The molecule has 0 saturated heterocycles. The zero-order valence-electron chi connectivity index (χ0n) is 13.4. The molecule has 0 aromatic carbocycles. The lowest BCUT2D eigenvalue weighted by Gasteiger charge is -2.42. The van der Waals surface area contributed by atoms with Crippen molar-refractivity contribution in [3.05, 3.63) is 0 Å². The number of hydrogen-bond donors (Lipinski definition) is 2. The van der Waals surface area contributed by atoms with Gasteiger partial charge >= 0.3 is 5.97 Å². The predicted molar refractivity (Wildman–Crippen MR) is 79.3 cm³/mol. The number of hydrogen-bond acceptors (Lipinski definition) is 2. The van der Waals surface area contributed by atoms with E-state index in [0.717, 1.165) is 12.8 Å². The molecule has 1 aliphatic rings. The highest BCUT2D eigenvalue weighted by atomic mass is 16.4. The van der Waals surface area contributed by atoms with Gasteiger partial charge in [-0.3, -0.25) is 9.59 Å². The van der Waals surface area contributed by atoms with Crippen LogP contribution >= 0.6 is 0 Å². The average molecular weight is 283 g/mol. The van der Waals surface area contributed by atoms with E-state index in [1.165, 1.54) is 0 Å². The van der Waals surface area contributed by atoms with Crippen molar-refractivity contribution in [2.45, 2.75) is 66.3 Å². The van der Waals surface area contributed by atoms with Gasteiger partial charge in [-0.2, -0.15) is 0 Å². The monoisotopic (exact) mass is 283 g/mol. The molecular formula is C16H29NO3. The van der Waals surface area contributed by atoms with Crippen LogP contribution in [0.25, 0.3) is 0 Å². The largest absolute Gasteiger partial charge is 0.481 e. The normalized spacial score (nSPS) is 31.3. The van der Waals surface area contributed by atoms with Gasteiger partial charge in [-0.1, -0.05) is 40.5 Å². The molecule has 1 saturated carbocycles. The van der Waals surface area contributed by atoms with Gasteiger partial charge in [0.05, 0.1) is 5.92 Å². The van der Waals surface area contributed by atoms with E-state index < -0.39 is 5.97 Å². The third-order valence-electron chi connectivity index (χ3n) is 5.39. The summed E-state index contributed by atoms with van der Waals surface area (Å²) in [5.41, 5.74) is -0.134. The molecule has 1 rings (SSSR count). The van der Waals surface area contributed by atoms with Crippen LogP contribution in [0.2, 0.25) is 0 Å². The third-order valence-corrected chi connectivity index (χ3v) is 5.39. The van der Waals surface area contributed by atoms with E-state index in [9.17, 15) is 14.7 Å². The molecule has 2 N–H and O–H groups in total. The van der Waals surface area contributed by atoms with Crippen LogP contribution < -0.4 is 5.32 Å². The molecule has 0 spiro atoms. The molecule has 0 bridgehead atoms. The molecular weight excluding hydrogens is 254 g/mol. The Morgan fingerprint density at radius 2 is 1.90 bits per heavy atom. The maximum atomic E-state index is 11.6. The number of amides is 1. The molecule has 20 heavy (non-hydrogen) atoms. The van der Waals surface area contributed by atoms with E-state index >= 15 is 0 Å². The van der Waals surface area contributed by atoms with Crippen LogP contribution in [0.15, 0.2) is 0 Å². The van der Waals surface area contributed by atoms with Crippen molar-refractivity contribution in [3.63, 3.8) is 0 Å². The summed E-state index contributed by atoms with van der Waals surface area (Å²) in [6.45, 7) is 10.1. The van der Waals surface area contributed by atoms with Crippen molar-refractivity contribution in [1.82, 2.24) is 5.32 Å². The van der Waals surface area contributed by atoms with E-state index in [0.29, 0.717) is 24.7 Å². The average Bonchev–Trinajstić information content (AvgIpc) is 2.67. The Bertz CT molecular complexity index is 365. The number of aliphatic carboxylic acids is 1. The van der Waals surface area contributed by atoms with Crippen LogP contribution in [-0.2, 0) is 9.59 Å². The Hall–Kier alpha value is -1.06. The fourth-order valence-electron chi connectivity index (χ4n) is 3.93. The number of carboxylic acids is 1. The molecule has 0 aliphatic heterocycles. The second-order valence-electron chi connectivity index (χ2n) is 6.64. The van der Waals surface area contributed by atoms with Crippen molar-refractivity contribution in [2.75, 3.05) is 0 Å². The Labute approximate surface area is 122 Å². The summed E-state index contributed by atoms with van der Waals surface area (Å²) in [4.78, 5) is 22.9. The van der Waals surface area contributed by atoms with E-state index in [2.05, 4.69) is 33.0 Å². The summed E-state index contributed by atoms with van der Waals surface area (Å²) in [7, 11) is 0. The summed E-state index contributed by atoms with van der Waals surface area (Å²) in [5, 5.41) is 12.4. The Morgan fingerprint density at radius 3 is 2.25 bits per heavy atom. The highest BCUT2D eigenvalue weighted by Gasteiger charge is 2.50. The number of rotatable bonds is 6. The van der Waals surface area contributed by atoms with Gasteiger partial charge in [-0.05, 0) is 30.1 Å². The third kappa shape index (κ3) is 3.33. The zero-order valence-corrected chi connectivity index (χ0v) is 13.4. The molecule has 116 valence electrons. The number of carboxylic acid groups (broad SMARTS) is 1. The van der Waals surface area contributed by atoms with Gasteiger partial charge in [-0.15, -0.1) is 0 Å². The molecule has 0 heterocycles. The number of carbonyl (C=O) groups excluding carboxylic acids is 1. The van der Waals surface area contributed by atoms with Crippen LogP contribution in [0.1, 0.15) is 60.3 Å². The van der Waals surface area contributed by atoms with E-state index in [4.69, 9.17) is 0 Å². The molecule has 0 aromatic heterocycles. The summed E-state index contributed by atoms with van der Waals surface area (Å²) in [6.07, 6.45) is 3.37. The highest BCUT2D eigenvalue weighted by molar-refractivity contribution is 5.73. The predicted octanol–water partition coefficient (Wildman–Crippen LogP) is 3.06. The smallest absolute Gasteiger partial charge is 0.306 e. The van der Waals surface area contributed by atoms with Crippen LogP contribution in [0.5, 0.6) is 0 Å². The molecule has 0 unspecified atom stereocenters. The summed E-state index contributed by atoms with van der Waals surface area (Å²) in [5.74, 6) is -0.290. The summed E-state index contributed by atoms with van der Waals surface area (Å²) < 4.78 is 0. The molecule has 1 aliphatic carbocycles. The van der Waals surface area contributed by atoms with Gasteiger partial charge in [0.2, 0.25) is 5.91 Å². The van der Waals surface area contributed by atoms with Crippen LogP contribution in [0.4, 0.5) is 0 Å². The minimum atomic E-state index is -0.702. The van der Waals surface area contributed by atoms with Crippen molar-refractivity contribution in [2.24, 2.45) is 23.2 Å². The molecule has 4 heteroatoms. The van der Waals surface area contributed by atoms with Crippen molar-refractivity contribution >= 4 is 11.9 Å². The quantitative estimate of drug-likeness (QED) is 0.787. The first-order valence-corrected chi connectivity index (χ1v) is 7.76. The molecule has 0 radical (unpaired) electrons. The zero-order chi connectivity index (χ0) is 15.5. The van der Waals surface area contributed by atoms with E-state index in [1.54, 1.807) is 6.92 Å². The van der Waals surface area contributed by atoms with Gasteiger partial charge < -0.3 is 10.4 Å². The van der Waals surface area contributed by atoms with Gasteiger partial charge in [0.1, 0.15) is 0 Å². The fraction of sp³-hybridized carbons (Fsp3) is 0.875. The topological polar surface area (TPSA) is 66.4 Å². The maximum Gasteiger partial charge on any atom is 0.306 e. The van der Waals surface area contributed by atoms with Crippen molar-refractivity contribution in [1.29, 1.82) is 0 Å². The van der Waals surface area contributed by atoms with E-state index in [-0.39, 0.29) is 23.3 Å². The molecule has 0 aromatic rings. The lowest BCUT2D eigenvalue weighted by Crippen LogP contribution is -2.51.